The largest absolute Gasteiger partial charge is 0.375 e. The third-order valence-electron chi connectivity index (χ3n) is 3.53. The normalized spacial score (nSPS) is 15.4. The molecular weight excluding hydrogens is 276 g/mol. The number of hydrogen-bond acceptors (Lipinski definition) is 3. The van der Waals surface area contributed by atoms with Gasteiger partial charge in [-0.05, 0) is 23.6 Å². The lowest BCUT2D eigenvalue weighted by Crippen LogP contribution is -2.45. The van der Waals surface area contributed by atoms with Crippen molar-refractivity contribution in [2.24, 2.45) is 11.7 Å². The van der Waals surface area contributed by atoms with Gasteiger partial charge in [0.2, 0.25) is 5.91 Å². The Bertz CT molecular complexity index is 440. The number of nitrogens with one attached hydrogen (secondary N) is 1. The van der Waals surface area contributed by atoms with Crippen molar-refractivity contribution in [3.05, 3.63) is 34.9 Å². The fourth-order valence-electron chi connectivity index (χ4n) is 1.87. The zero-order valence-electron chi connectivity index (χ0n) is 12.2. The topological polar surface area (TPSA) is 64.4 Å². The molecule has 1 aromatic carbocycles. The summed E-state index contributed by atoms with van der Waals surface area (Å²) >= 11 is 5.96. The van der Waals surface area contributed by atoms with Crippen LogP contribution in [0.5, 0.6) is 0 Å². The minimum absolute atomic E-state index is 0.150. The Balaban J connectivity index is 2.60. The van der Waals surface area contributed by atoms with E-state index in [9.17, 15) is 4.79 Å². The Morgan fingerprint density at radius 3 is 2.75 bits per heavy atom. The molecule has 0 saturated heterocycles. The predicted molar refractivity (Wildman–Crippen MR) is 81.6 cm³/mol. The molecule has 0 aromatic heterocycles. The van der Waals surface area contributed by atoms with E-state index >= 15 is 0 Å². The second-order valence-electron chi connectivity index (χ2n) is 4.94. The van der Waals surface area contributed by atoms with Crippen molar-refractivity contribution in [2.45, 2.75) is 32.4 Å². The zero-order chi connectivity index (χ0) is 15.1. The van der Waals surface area contributed by atoms with Crippen LogP contribution >= 0.6 is 11.6 Å². The molecule has 1 aromatic rings. The van der Waals surface area contributed by atoms with Gasteiger partial charge in [0, 0.05) is 18.7 Å². The third-order valence-corrected chi connectivity index (χ3v) is 3.76. The van der Waals surface area contributed by atoms with Crippen LogP contribution in [-0.2, 0) is 9.53 Å². The lowest BCUT2D eigenvalue weighted by molar-refractivity contribution is -0.124. The van der Waals surface area contributed by atoms with E-state index in [-0.39, 0.29) is 17.9 Å². The summed E-state index contributed by atoms with van der Waals surface area (Å²) in [5, 5.41) is 3.48. The van der Waals surface area contributed by atoms with Crippen LogP contribution in [-0.4, -0.2) is 25.6 Å². The van der Waals surface area contributed by atoms with E-state index in [4.69, 9.17) is 22.1 Å². The van der Waals surface area contributed by atoms with Crippen molar-refractivity contribution in [3.63, 3.8) is 0 Å². The molecule has 3 unspecified atom stereocenters. The first-order valence-electron chi connectivity index (χ1n) is 6.81. The highest BCUT2D eigenvalue weighted by molar-refractivity contribution is 6.30. The maximum absolute atomic E-state index is 11.9. The fourth-order valence-corrected chi connectivity index (χ4v) is 2.07. The van der Waals surface area contributed by atoms with E-state index in [1.54, 1.807) is 13.2 Å². The van der Waals surface area contributed by atoms with Crippen molar-refractivity contribution in [1.82, 2.24) is 5.32 Å². The number of rotatable bonds is 7. The SMILES string of the molecule is CCC(C)C(N)C(=O)NCC(OC)c1cccc(Cl)c1. The first kappa shape index (κ1) is 17.0. The van der Waals surface area contributed by atoms with Gasteiger partial charge in [-0.2, -0.15) is 0 Å². The van der Waals surface area contributed by atoms with Crippen LogP contribution in [0.3, 0.4) is 0 Å². The number of hydrogen-bond donors (Lipinski definition) is 2. The van der Waals surface area contributed by atoms with Crippen LogP contribution < -0.4 is 11.1 Å². The average Bonchev–Trinajstić information content (AvgIpc) is 2.46. The van der Waals surface area contributed by atoms with Crippen LogP contribution in [0.4, 0.5) is 0 Å². The number of methoxy groups -OCH3 is 1. The van der Waals surface area contributed by atoms with E-state index in [0.717, 1.165) is 12.0 Å². The highest BCUT2D eigenvalue weighted by Crippen LogP contribution is 2.19. The molecule has 3 N–H and O–H groups in total. The molecule has 0 fully saturated rings. The van der Waals surface area contributed by atoms with E-state index in [1.807, 2.05) is 32.0 Å². The van der Waals surface area contributed by atoms with Crippen LogP contribution in [0, 0.1) is 5.92 Å². The summed E-state index contributed by atoms with van der Waals surface area (Å²) in [5.74, 6) is 0.00518. The second kappa shape index (κ2) is 8.25. The second-order valence-corrected chi connectivity index (χ2v) is 5.37. The number of nitrogens with two attached hydrogens (primary N) is 1. The minimum atomic E-state index is -0.489. The van der Waals surface area contributed by atoms with Gasteiger partial charge in [0.1, 0.15) is 0 Å². The molecule has 3 atom stereocenters. The van der Waals surface area contributed by atoms with Gasteiger partial charge in [-0.15, -0.1) is 0 Å². The third kappa shape index (κ3) is 4.78. The molecule has 20 heavy (non-hydrogen) atoms. The minimum Gasteiger partial charge on any atom is -0.375 e. The first-order valence-corrected chi connectivity index (χ1v) is 7.18. The Labute approximate surface area is 125 Å². The smallest absolute Gasteiger partial charge is 0.237 e. The Morgan fingerprint density at radius 1 is 1.50 bits per heavy atom. The van der Waals surface area contributed by atoms with E-state index in [1.165, 1.54) is 0 Å². The standard InChI is InChI=1S/C15H23ClN2O2/c1-4-10(2)14(17)15(19)18-9-13(20-3)11-6-5-7-12(16)8-11/h5-8,10,13-14H,4,9,17H2,1-3H3,(H,18,19). The quantitative estimate of drug-likeness (QED) is 0.813. The van der Waals surface area contributed by atoms with Crippen LogP contribution in [0.2, 0.25) is 5.02 Å². The van der Waals surface area contributed by atoms with Crippen LogP contribution in [0.1, 0.15) is 31.9 Å². The molecule has 5 heteroatoms. The van der Waals surface area contributed by atoms with Gasteiger partial charge < -0.3 is 15.8 Å². The van der Waals surface area contributed by atoms with Crippen molar-refractivity contribution in [3.8, 4) is 0 Å². The molecule has 0 heterocycles. The summed E-state index contributed by atoms with van der Waals surface area (Å²) in [6.45, 7) is 4.36. The van der Waals surface area contributed by atoms with Gasteiger partial charge >= 0.3 is 0 Å². The highest BCUT2D eigenvalue weighted by Gasteiger charge is 2.20. The van der Waals surface area contributed by atoms with Crippen molar-refractivity contribution in [1.29, 1.82) is 0 Å². The number of amides is 1. The highest BCUT2D eigenvalue weighted by atomic mass is 35.5. The van der Waals surface area contributed by atoms with Crippen molar-refractivity contribution >= 4 is 17.5 Å². The lowest BCUT2D eigenvalue weighted by atomic mass is 9.99. The molecule has 0 spiro atoms. The number of carbonyl (C=O) groups is 1. The molecule has 0 aliphatic carbocycles. The number of ether oxygens (including phenoxy) is 1. The van der Waals surface area contributed by atoms with Crippen molar-refractivity contribution in [2.75, 3.05) is 13.7 Å². The number of benzene rings is 1. The summed E-state index contributed by atoms with van der Waals surface area (Å²) in [7, 11) is 1.60. The maximum Gasteiger partial charge on any atom is 0.237 e. The van der Waals surface area contributed by atoms with Gasteiger partial charge in [-0.3, -0.25) is 4.79 Å². The fraction of sp³-hybridized carbons (Fsp3) is 0.533. The Kier molecular flexibility index (Phi) is 6.99. The molecule has 0 bridgehead atoms. The summed E-state index contributed by atoms with van der Waals surface area (Å²) in [5.41, 5.74) is 6.82. The zero-order valence-corrected chi connectivity index (χ0v) is 13.0. The van der Waals surface area contributed by atoms with E-state index in [0.29, 0.717) is 11.6 Å². The first-order chi connectivity index (χ1) is 9.49. The predicted octanol–water partition coefficient (Wildman–Crippen LogP) is 2.52. The monoisotopic (exact) mass is 298 g/mol. The molecule has 0 saturated carbocycles. The summed E-state index contributed by atoms with van der Waals surface area (Å²) in [4.78, 5) is 11.9. The molecule has 1 rings (SSSR count). The van der Waals surface area contributed by atoms with Gasteiger partial charge in [-0.25, -0.2) is 0 Å². The lowest BCUT2D eigenvalue weighted by Gasteiger charge is -2.21. The van der Waals surface area contributed by atoms with Gasteiger partial charge in [-0.1, -0.05) is 44.0 Å². The number of carbonyl (C=O) groups excluding carboxylic acids is 1. The van der Waals surface area contributed by atoms with Crippen LogP contribution in [0.15, 0.2) is 24.3 Å². The Morgan fingerprint density at radius 2 is 2.20 bits per heavy atom. The van der Waals surface area contributed by atoms with E-state index < -0.39 is 6.04 Å². The molecule has 0 aliphatic rings. The molecule has 0 aliphatic heterocycles. The van der Waals surface area contributed by atoms with Crippen LogP contribution in [0.25, 0.3) is 0 Å². The average molecular weight is 299 g/mol. The van der Waals surface area contributed by atoms with E-state index in [2.05, 4.69) is 5.32 Å². The van der Waals surface area contributed by atoms with Gasteiger partial charge in [0.05, 0.1) is 12.1 Å². The summed E-state index contributed by atoms with van der Waals surface area (Å²) < 4.78 is 5.39. The maximum atomic E-state index is 11.9. The molecule has 4 nitrogen and oxygen atoms in total. The van der Waals surface area contributed by atoms with Gasteiger partial charge in [0.15, 0.2) is 0 Å². The molecule has 1 amide bonds. The summed E-state index contributed by atoms with van der Waals surface area (Å²) in [6, 6.07) is 6.92. The molecular formula is C15H23ClN2O2. The molecule has 112 valence electrons. The van der Waals surface area contributed by atoms with Crippen molar-refractivity contribution < 1.29 is 9.53 Å². The van der Waals surface area contributed by atoms with Gasteiger partial charge in [0.25, 0.3) is 0 Å². The number of halogens is 1. The Hall–Kier alpha value is -1.10. The summed E-state index contributed by atoms with van der Waals surface area (Å²) in [6.07, 6.45) is 0.637. The molecule has 0 radical (unpaired) electrons.